The summed E-state index contributed by atoms with van der Waals surface area (Å²) in [6, 6.07) is 4.26. The molecule has 0 aliphatic heterocycles. The number of carbonyl (C=O) groups excluding carboxylic acids is 1. The highest BCUT2D eigenvalue weighted by molar-refractivity contribution is 5.93. The Labute approximate surface area is 155 Å². The smallest absolute Gasteiger partial charge is 0.226 e. The summed E-state index contributed by atoms with van der Waals surface area (Å²) >= 11 is 0. The summed E-state index contributed by atoms with van der Waals surface area (Å²) in [7, 11) is 3.89. The average molecular weight is 352 g/mol. The van der Waals surface area contributed by atoms with Crippen molar-refractivity contribution in [3.8, 4) is 0 Å². The lowest BCUT2D eigenvalue weighted by atomic mass is 10.0. The predicted octanol–water partition coefficient (Wildman–Crippen LogP) is 3.46. The second-order valence-electron chi connectivity index (χ2n) is 7.23. The zero-order chi connectivity index (χ0) is 18.8. The highest BCUT2D eigenvalue weighted by Gasteiger charge is 2.17. The summed E-state index contributed by atoms with van der Waals surface area (Å²) in [4.78, 5) is 22.4. The van der Waals surface area contributed by atoms with Gasteiger partial charge in [-0.3, -0.25) is 4.79 Å². The van der Waals surface area contributed by atoms with Crippen LogP contribution in [0.4, 0.5) is 0 Å². The van der Waals surface area contributed by atoms with E-state index in [1.807, 2.05) is 36.0 Å². The molecule has 1 amide bonds. The Balaban J connectivity index is 1.68. The second-order valence-corrected chi connectivity index (χ2v) is 7.23. The monoisotopic (exact) mass is 352 g/mol. The fraction of sp³-hybridized carbons (Fsp3) is 0.429. The first-order chi connectivity index (χ1) is 12.4. The molecule has 0 saturated carbocycles. The van der Waals surface area contributed by atoms with Gasteiger partial charge in [-0.05, 0) is 43.9 Å². The van der Waals surface area contributed by atoms with E-state index in [4.69, 9.17) is 0 Å². The normalized spacial score (nSPS) is 11.3. The zero-order valence-corrected chi connectivity index (χ0v) is 16.4. The molecule has 0 bridgehead atoms. The molecule has 3 rings (SSSR count). The summed E-state index contributed by atoms with van der Waals surface area (Å²) in [5, 5.41) is 1.21. The van der Waals surface area contributed by atoms with Crippen molar-refractivity contribution in [2.45, 2.75) is 40.0 Å². The molecule has 0 fully saturated rings. The number of aryl methyl sites for hydroxylation is 5. The molecule has 5 heteroatoms. The van der Waals surface area contributed by atoms with Crippen molar-refractivity contribution >= 4 is 16.8 Å². The van der Waals surface area contributed by atoms with Gasteiger partial charge in [0.05, 0.1) is 6.42 Å². The minimum Gasteiger partial charge on any atom is -0.358 e. The highest BCUT2D eigenvalue weighted by atomic mass is 16.2. The van der Waals surface area contributed by atoms with Crippen LogP contribution in [0.15, 0.2) is 24.5 Å². The average Bonchev–Trinajstić information content (AvgIpc) is 3.15. The molecule has 0 atom stereocenters. The van der Waals surface area contributed by atoms with Crippen molar-refractivity contribution < 1.29 is 4.79 Å². The Bertz CT molecular complexity index is 935. The van der Waals surface area contributed by atoms with Crippen LogP contribution in [0.25, 0.3) is 10.9 Å². The maximum Gasteiger partial charge on any atom is 0.226 e. The van der Waals surface area contributed by atoms with Crippen molar-refractivity contribution in [2.75, 3.05) is 13.6 Å². The van der Waals surface area contributed by atoms with E-state index in [-0.39, 0.29) is 5.91 Å². The number of benzene rings is 1. The molecule has 0 spiro atoms. The number of hydrogen-bond acceptors (Lipinski definition) is 2. The number of rotatable bonds is 6. The van der Waals surface area contributed by atoms with Gasteiger partial charge in [0.2, 0.25) is 5.91 Å². The van der Waals surface area contributed by atoms with Gasteiger partial charge >= 0.3 is 0 Å². The van der Waals surface area contributed by atoms with Gasteiger partial charge in [-0.25, -0.2) is 4.98 Å². The molecule has 138 valence electrons. The van der Waals surface area contributed by atoms with E-state index in [2.05, 4.69) is 42.9 Å². The van der Waals surface area contributed by atoms with Gasteiger partial charge in [0.15, 0.2) is 0 Å². The summed E-state index contributed by atoms with van der Waals surface area (Å²) in [5.74, 6) is 1.22. The number of amides is 1. The molecule has 2 aromatic heterocycles. The first-order valence-corrected chi connectivity index (χ1v) is 9.16. The molecule has 0 unspecified atom stereocenters. The zero-order valence-electron chi connectivity index (χ0n) is 16.4. The molecule has 1 N–H and O–H groups in total. The number of carbonyl (C=O) groups is 1. The second kappa shape index (κ2) is 7.36. The molecule has 5 nitrogen and oxygen atoms in total. The Morgan fingerprint density at radius 2 is 1.96 bits per heavy atom. The summed E-state index contributed by atoms with van der Waals surface area (Å²) in [6.07, 6.45) is 6.00. The number of nitrogens with one attached hydrogen (secondary N) is 1. The Kier molecular flexibility index (Phi) is 5.16. The Morgan fingerprint density at radius 1 is 1.23 bits per heavy atom. The molecule has 0 radical (unpaired) electrons. The number of imidazole rings is 1. The summed E-state index contributed by atoms with van der Waals surface area (Å²) in [5.41, 5.74) is 5.81. The first-order valence-electron chi connectivity index (χ1n) is 9.16. The van der Waals surface area contributed by atoms with E-state index < -0.39 is 0 Å². The van der Waals surface area contributed by atoms with Crippen molar-refractivity contribution in [3.05, 3.63) is 52.7 Å². The number of aromatic amines is 1. The molecule has 26 heavy (non-hydrogen) atoms. The number of likely N-dealkylation sites (N-methyl/N-ethyl adjacent to an activating group) is 1. The fourth-order valence-electron chi connectivity index (χ4n) is 3.56. The van der Waals surface area contributed by atoms with E-state index in [0.29, 0.717) is 6.42 Å². The maximum atomic E-state index is 12.8. The van der Waals surface area contributed by atoms with Gasteiger partial charge in [0.25, 0.3) is 0 Å². The lowest BCUT2D eigenvalue weighted by Gasteiger charge is -2.17. The largest absolute Gasteiger partial charge is 0.358 e. The van der Waals surface area contributed by atoms with Crippen molar-refractivity contribution in [2.24, 2.45) is 7.05 Å². The van der Waals surface area contributed by atoms with E-state index in [0.717, 1.165) is 42.0 Å². The van der Waals surface area contributed by atoms with Crippen molar-refractivity contribution in [3.63, 3.8) is 0 Å². The predicted molar refractivity (Wildman–Crippen MR) is 105 cm³/mol. The third-order valence-electron chi connectivity index (χ3n) is 5.26. The number of nitrogens with zero attached hydrogens (tertiary/aromatic N) is 3. The van der Waals surface area contributed by atoms with Crippen molar-refractivity contribution in [1.29, 1.82) is 0 Å². The van der Waals surface area contributed by atoms with E-state index in [1.54, 1.807) is 0 Å². The molecular formula is C21H28N4O. The van der Waals surface area contributed by atoms with Crippen LogP contribution in [0.1, 0.15) is 34.6 Å². The third-order valence-corrected chi connectivity index (χ3v) is 5.26. The number of hydrogen-bond donors (Lipinski definition) is 1. The molecule has 3 aromatic rings. The van der Waals surface area contributed by atoms with E-state index in [9.17, 15) is 4.79 Å². The van der Waals surface area contributed by atoms with Crippen LogP contribution in [-0.4, -0.2) is 38.9 Å². The van der Waals surface area contributed by atoms with Gasteiger partial charge in [0.1, 0.15) is 5.82 Å². The van der Waals surface area contributed by atoms with Crippen LogP contribution < -0.4 is 0 Å². The van der Waals surface area contributed by atoms with Gasteiger partial charge in [-0.2, -0.15) is 0 Å². The lowest BCUT2D eigenvalue weighted by molar-refractivity contribution is -0.129. The summed E-state index contributed by atoms with van der Waals surface area (Å²) < 4.78 is 2.03. The van der Waals surface area contributed by atoms with Gasteiger partial charge < -0.3 is 14.5 Å². The van der Waals surface area contributed by atoms with Crippen LogP contribution in [0.5, 0.6) is 0 Å². The van der Waals surface area contributed by atoms with Crippen molar-refractivity contribution in [1.82, 2.24) is 19.4 Å². The third kappa shape index (κ3) is 3.52. The minimum atomic E-state index is 0.162. The molecular weight excluding hydrogens is 324 g/mol. The quantitative estimate of drug-likeness (QED) is 0.739. The van der Waals surface area contributed by atoms with Gasteiger partial charge in [-0.1, -0.05) is 12.1 Å². The van der Waals surface area contributed by atoms with Crippen LogP contribution in [0.3, 0.4) is 0 Å². The molecule has 1 aromatic carbocycles. The van der Waals surface area contributed by atoms with E-state index >= 15 is 0 Å². The topological polar surface area (TPSA) is 53.9 Å². The van der Waals surface area contributed by atoms with Crippen LogP contribution >= 0.6 is 0 Å². The maximum absolute atomic E-state index is 12.8. The Hall–Kier alpha value is -2.56. The minimum absolute atomic E-state index is 0.162. The first kappa shape index (κ1) is 18.2. The van der Waals surface area contributed by atoms with Crippen LogP contribution in [0.2, 0.25) is 0 Å². The lowest BCUT2D eigenvalue weighted by Crippen LogP contribution is -2.29. The highest BCUT2D eigenvalue weighted by Crippen LogP contribution is 2.28. The molecule has 2 heterocycles. The fourth-order valence-corrected chi connectivity index (χ4v) is 3.56. The van der Waals surface area contributed by atoms with Gasteiger partial charge in [0, 0.05) is 56.1 Å². The van der Waals surface area contributed by atoms with Crippen LogP contribution in [0, 0.1) is 20.8 Å². The van der Waals surface area contributed by atoms with Gasteiger partial charge in [-0.15, -0.1) is 0 Å². The number of H-pyrrole nitrogens is 1. The Morgan fingerprint density at radius 3 is 2.65 bits per heavy atom. The molecule has 0 aliphatic carbocycles. The SMILES string of the molecule is Cc1[nH]c2c(C)ccc(C)c2c1CC(=O)N(C)CCCc1nccn1C. The van der Waals surface area contributed by atoms with E-state index in [1.165, 1.54) is 16.5 Å². The summed E-state index contributed by atoms with van der Waals surface area (Å²) in [6.45, 7) is 7.01. The standard InChI is InChI=1S/C21H28N4O/c1-14-8-9-15(2)21-20(14)17(16(3)23-21)13-19(26)25(5)11-6-7-18-22-10-12-24(18)4/h8-10,12,23H,6-7,11,13H2,1-5H3. The molecule has 0 saturated heterocycles. The molecule has 0 aliphatic rings. The number of aromatic nitrogens is 3. The van der Waals surface area contributed by atoms with Crippen LogP contribution in [-0.2, 0) is 24.7 Å². The number of fused-ring (bicyclic) bond motifs is 1.